The molecule has 0 spiro atoms. The van der Waals surface area contributed by atoms with Crippen molar-refractivity contribution in [3.05, 3.63) is 54.2 Å². The fourth-order valence-electron chi connectivity index (χ4n) is 2.36. The number of hydrogen-bond donors (Lipinski definition) is 0. The molecule has 1 aromatic carbocycles. The molecular formula is C19H19N3O5. The lowest BCUT2D eigenvalue weighted by Crippen LogP contribution is -2.10. The van der Waals surface area contributed by atoms with Gasteiger partial charge in [-0.25, -0.2) is 4.79 Å². The normalized spacial score (nSPS) is 11.7. The molecule has 0 saturated carbocycles. The molecule has 0 amide bonds. The average molecular weight is 369 g/mol. The number of rotatable bonds is 7. The highest BCUT2D eigenvalue weighted by molar-refractivity contribution is 5.90. The summed E-state index contributed by atoms with van der Waals surface area (Å²) in [7, 11) is 1.51. The van der Waals surface area contributed by atoms with Gasteiger partial charge in [0.25, 0.3) is 5.89 Å². The van der Waals surface area contributed by atoms with Crippen LogP contribution >= 0.6 is 0 Å². The summed E-state index contributed by atoms with van der Waals surface area (Å²) >= 11 is 0. The SMILES string of the molecule is CCOc1ccc(C(=O)OC(C)c2nc(-c3cccnc3)no2)cc1OC. The molecule has 0 fully saturated rings. The Labute approximate surface area is 156 Å². The van der Waals surface area contributed by atoms with Crippen LogP contribution in [0.2, 0.25) is 0 Å². The first-order valence-electron chi connectivity index (χ1n) is 8.38. The minimum atomic E-state index is -0.715. The smallest absolute Gasteiger partial charge is 0.339 e. The van der Waals surface area contributed by atoms with E-state index >= 15 is 0 Å². The average Bonchev–Trinajstić information content (AvgIpc) is 3.19. The molecule has 0 bridgehead atoms. The summed E-state index contributed by atoms with van der Waals surface area (Å²) in [5.41, 5.74) is 1.04. The van der Waals surface area contributed by atoms with Gasteiger partial charge in [0.05, 0.1) is 19.3 Å². The van der Waals surface area contributed by atoms with Crippen molar-refractivity contribution in [2.24, 2.45) is 0 Å². The van der Waals surface area contributed by atoms with Crippen LogP contribution in [-0.4, -0.2) is 34.8 Å². The molecule has 0 aliphatic rings. The van der Waals surface area contributed by atoms with Gasteiger partial charge in [0.1, 0.15) is 0 Å². The fourth-order valence-corrected chi connectivity index (χ4v) is 2.36. The lowest BCUT2D eigenvalue weighted by molar-refractivity contribution is 0.0265. The molecule has 8 nitrogen and oxygen atoms in total. The summed E-state index contributed by atoms with van der Waals surface area (Å²) < 4.78 is 21.3. The third-order valence-electron chi connectivity index (χ3n) is 3.69. The van der Waals surface area contributed by atoms with Gasteiger partial charge < -0.3 is 18.7 Å². The summed E-state index contributed by atoms with van der Waals surface area (Å²) in [6.07, 6.45) is 2.56. The third-order valence-corrected chi connectivity index (χ3v) is 3.69. The lowest BCUT2D eigenvalue weighted by Gasteiger charge is -2.12. The molecule has 27 heavy (non-hydrogen) atoms. The van der Waals surface area contributed by atoms with Crippen molar-refractivity contribution in [2.45, 2.75) is 20.0 Å². The molecule has 3 rings (SSSR count). The Hall–Kier alpha value is -3.42. The second-order valence-corrected chi connectivity index (χ2v) is 5.54. The van der Waals surface area contributed by atoms with Crippen LogP contribution in [0.3, 0.4) is 0 Å². The topological polar surface area (TPSA) is 96.6 Å². The Bertz CT molecular complexity index is 911. The van der Waals surface area contributed by atoms with Gasteiger partial charge in [-0.05, 0) is 44.2 Å². The Morgan fingerprint density at radius 1 is 1.26 bits per heavy atom. The Morgan fingerprint density at radius 2 is 2.11 bits per heavy atom. The van der Waals surface area contributed by atoms with Gasteiger partial charge in [-0.2, -0.15) is 4.98 Å². The molecule has 0 N–H and O–H groups in total. The van der Waals surface area contributed by atoms with Gasteiger partial charge in [0.15, 0.2) is 17.6 Å². The number of aromatic nitrogens is 3. The maximum absolute atomic E-state index is 12.4. The number of carbonyl (C=O) groups is 1. The lowest BCUT2D eigenvalue weighted by atomic mass is 10.2. The summed E-state index contributed by atoms with van der Waals surface area (Å²) in [4.78, 5) is 20.7. The second kappa shape index (κ2) is 8.31. The van der Waals surface area contributed by atoms with Crippen LogP contribution in [0.5, 0.6) is 11.5 Å². The number of esters is 1. The van der Waals surface area contributed by atoms with Crippen molar-refractivity contribution in [1.29, 1.82) is 0 Å². The summed E-state index contributed by atoms with van der Waals surface area (Å²) in [5.74, 6) is 1.05. The molecule has 2 aromatic heterocycles. The minimum Gasteiger partial charge on any atom is -0.493 e. The molecule has 3 aromatic rings. The minimum absolute atomic E-state index is 0.195. The molecule has 8 heteroatoms. The van der Waals surface area contributed by atoms with E-state index in [-0.39, 0.29) is 5.89 Å². The predicted octanol–water partition coefficient (Wildman–Crippen LogP) is 3.46. The Morgan fingerprint density at radius 3 is 2.81 bits per heavy atom. The van der Waals surface area contributed by atoms with Crippen LogP contribution < -0.4 is 9.47 Å². The number of nitrogens with zero attached hydrogens (tertiary/aromatic N) is 3. The van der Waals surface area contributed by atoms with Crippen LogP contribution in [0.25, 0.3) is 11.4 Å². The largest absolute Gasteiger partial charge is 0.493 e. The van der Waals surface area contributed by atoms with Crippen LogP contribution in [-0.2, 0) is 4.74 Å². The first-order chi connectivity index (χ1) is 13.1. The molecule has 0 aliphatic heterocycles. The zero-order valence-electron chi connectivity index (χ0n) is 15.2. The third kappa shape index (κ3) is 4.22. The maximum atomic E-state index is 12.4. The van der Waals surface area contributed by atoms with Gasteiger partial charge in [-0.15, -0.1) is 0 Å². The molecular weight excluding hydrogens is 350 g/mol. The number of hydrogen-bond acceptors (Lipinski definition) is 8. The monoisotopic (exact) mass is 369 g/mol. The number of methoxy groups -OCH3 is 1. The van der Waals surface area contributed by atoms with Crippen LogP contribution in [0.1, 0.15) is 36.2 Å². The number of carbonyl (C=O) groups excluding carboxylic acids is 1. The summed E-state index contributed by atoms with van der Waals surface area (Å²) in [6, 6.07) is 8.42. The molecule has 1 atom stereocenters. The predicted molar refractivity (Wildman–Crippen MR) is 95.5 cm³/mol. The van der Waals surface area contributed by atoms with Gasteiger partial charge in [0, 0.05) is 18.0 Å². The Balaban J connectivity index is 1.72. The summed E-state index contributed by atoms with van der Waals surface area (Å²) in [5, 5.41) is 3.89. The van der Waals surface area contributed by atoms with E-state index in [1.165, 1.54) is 7.11 Å². The second-order valence-electron chi connectivity index (χ2n) is 5.54. The van der Waals surface area contributed by atoms with E-state index in [4.69, 9.17) is 18.7 Å². The Kier molecular flexibility index (Phi) is 5.65. The van der Waals surface area contributed by atoms with E-state index < -0.39 is 12.1 Å². The molecule has 140 valence electrons. The van der Waals surface area contributed by atoms with Crippen molar-refractivity contribution >= 4 is 5.97 Å². The van der Waals surface area contributed by atoms with E-state index in [0.29, 0.717) is 35.1 Å². The van der Waals surface area contributed by atoms with Crippen molar-refractivity contribution in [3.63, 3.8) is 0 Å². The zero-order valence-corrected chi connectivity index (χ0v) is 15.2. The van der Waals surface area contributed by atoms with E-state index in [1.807, 2.05) is 13.0 Å². The van der Waals surface area contributed by atoms with Crippen LogP contribution in [0.4, 0.5) is 0 Å². The first kappa shape index (κ1) is 18.4. The van der Waals surface area contributed by atoms with Gasteiger partial charge in [-0.1, -0.05) is 5.16 Å². The fraction of sp³-hybridized carbons (Fsp3) is 0.263. The summed E-state index contributed by atoms with van der Waals surface area (Å²) in [6.45, 7) is 4.02. The number of pyridine rings is 1. The molecule has 0 aliphatic carbocycles. The highest BCUT2D eigenvalue weighted by atomic mass is 16.6. The first-order valence-corrected chi connectivity index (χ1v) is 8.38. The molecule has 0 saturated heterocycles. The number of ether oxygens (including phenoxy) is 3. The van der Waals surface area contributed by atoms with Crippen molar-refractivity contribution in [1.82, 2.24) is 15.1 Å². The quantitative estimate of drug-likeness (QED) is 0.584. The highest BCUT2D eigenvalue weighted by Gasteiger charge is 2.21. The van der Waals surface area contributed by atoms with E-state index in [0.717, 1.165) is 0 Å². The molecule has 2 heterocycles. The van der Waals surface area contributed by atoms with Crippen molar-refractivity contribution in [2.75, 3.05) is 13.7 Å². The zero-order chi connectivity index (χ0) is 19.2. The molecule has 1 unspecified atom stereocenters. The van der Waals surface area contributed by atoms with Crippen LogP contribution in [0.15, 0.2) is 47.2 Å². The van der Waals surface area contributed by atoms with E-state index in [2.05, 4.69) is 15.1 Å². The van der Waals surface area contributed by atoms with Crippen LogP contribution in [0, 0.1) is 0 Å². The van der Waals surface area contributed by atoms with E-state index in [9.17, 15) is 4.79 Å². The van der Waals surface area contributed by atoms with Crippen molar-refractivity contribution < 1.29 is 23.5 Å². The standard InChI is InChI=1S/C19H19N3O5/c1-4-25-15-8-7-13(10-16(15)24-3)19(23)26-12(2)18-21-17(22-27-18)14-6-5-9-20-11-14/h5-12H,4H2,1-3H3. The van der Waals surface area contributed by atoms with Gasteiger partial charge in [0.2, 0.25) is 5.82 Å². The van der Waals surface area contributed by atoms with E-state index in [1.54, 1.807) is 43.6 Å². The maximum Gasteiger partial charge on any atom is 0.339 e. The number of benzene rings is 1. The van der Waals surface area contributed by atoms with Gasteiger partial charge in [-0.3, -0.25) is 4.98 Å². The molecule has 0 radical (unpaired) electrons. The van der Waals surface area contributed by atoms with Gasteiger partial charge >= 0.3 is 5.97 Å². The highest BCUT2D eigenvalue weighted by Crippen LogP contribution is 2.29. The van der Waals surface area contributed by atoms with Crippen molar-refractivity contribution in [3.8, 4) is 22.9 Å².